The molecule has 6 nitrogen and oxygen atoms in total. The van der Waals surface area contributed by atoms with E-state index in [2.05, 4.69) is 20.9 Å². The lowest BCUT2D eigenvalue weighted by atomic mass is 10.1. The Kier molecular flexibility index (Phi) is 7.95. The first kappa shape index (κ1) is 25.0. The number of carboxylic acids is 1. The van der Waals surface area contributed by atoms with Crippen LogP contribution in [0.2, 0.25) is 5.02 Å². The second kappa shape index (κ2) is 11.1. The predicted octanol–water partition coefficient (Wildman–Crippen LogP) is 7.00. The molecule has 0 unspecified atom stereocenters. The van der Waals surface area contributed by atoms with Crippen LogP contribution in [0, 0.1) is 0 Å². The number of carbonyl (C=O) groups excluding carboxylic acids is 1. The number of ether oxygens (including phenoxy) is 1. The summed E-state index contributed by atoms with van der Waals surface area (Å²) in [6, 6.07) is 19.3. The molecule has 3 aromatic carbocycles. The fourth-order valence-corrected chi connectivity index (χ4v) is 4.86. The highest BCUT2D eigenvalue weighted by molar-refractivity contribution is 9.10. The van der Waals surface area contributed by atoms with Crippen LogP contribution in [0.15, 0.2) is 81.1 Å². The number of carbonyl (C=O) groups is 2. The lowest BCUT2D eigenvalue weighted by molar-refractivity contribution is -0.122. The number of hydrogen-bond acceptors (Lipinski definition) is 5. The lowest BCUT2D eigenvalue weighted by Gasteiger charge is -2.12. The van der Waals surface area contributed by atoms with Crippen LogP contribution in [0.25, 0.3) is 6.08 Å². The maximum Gasteiger partial charge on any atom is 0.335 e. The Hall–Kier alpha value is -3.07. The molecule has 0 saturated carbocycles. The summed E-state index contributed by atoms with van der Waals surface area (Å²) in [6.07, 6.45) is 1.80. The first-order valence-corrected chi connectivity index (χ1v) is 12.6. The molecule has 1 amide bonds. The largest absolute Gasteiger partial charge is 0.488 e. The van der Waals surface area contributed by atoms with Crippen molar-refractivity contribution in [2.24, 2.45) is 4.99 Å². The van der Waals surface area contributed by atoms with Gasteiger partial charge in [-0.25, -0.2) is 9.79 Å². The van der Waals surface area contributed by atoms with E-state index in [-0.39, 0.29) is 11.5 Å². The molecule has 1 aliphatic rings. The van der Waals surface area contributed by atoms with Crippen molar-refractivity contribution in [1.82, 2.24) is 4.90 Å². The van der Waals surface area contributed by atoms with Gasteiger partial charge >= 0.3 is 5.97 Å². The summed E-state index contributed by atoms with van der Waals surface area (Å²) >= 11 is 10.7. The van der Waals surface area contributed by atoms with Crippen molar-refractivity contribution in [2.75, 3.05) is 6.54 Å². The maximum atomic E-state index is 13.1. The molecule has 0 atom stereocenters. The minimum Gasteiger partial charge on any atom is -0.488 e. The van der Waals surface area contributed by atoms with Crippen molar-refractivity contribution in [3.63, 3.8) is 0 Å². The molecule has 0 radical (unpaired) electrons. The molecule has 1 N–H and O–H groups in total. The molecule has 0 aromatic heterocycles. The number of amides is 1. The highest BCUT2D eigenvalue weighted by Crippen LogP contribution is 2.36. The van der Waals surface area contributed by atoms with Crippen molar-refractivity contribution in [3.05, 3.63) is 97.8 Å². The van der Waals surface area contributed by atoms with E-state index >= 15 is 0 Å². The minimum atomic E-state index is -1.00. The molecule has 1 saturated heterocycles. The van der Waals surface area contributed by atoms with Gasteiger partial charge in [-0.2, -0.15) is 0 Å². The Bertz CT molecular complexity index is 1320. The van der Waals surface area contributed by atoms with Gasteiger partial charge in [0.05, 0.1) is 16.2 Å². The van der Waals surface area contributed by atoms with Crippen LogP contribution >= 0.6 is 39.3 Å². The van der Waals surface area contributed by atoms with Crippen molar-refractivity contribution in [2.45, 2.75) is 13.5 Å². The van der Waals surface area contributed by atoms with Crippen LogP contribution in [0.3, 0.4) is 0 Å². The van der Waals surface area contributed by atoms with E-state index in [0.717, 1.165) is 15.6 Å². The zero-order valence-electron chi connectivity index (χ0n) is 18.6. The second-order valence-corrected chi connectivity index (χ2v) is 9.86. The summed E-state index contributed by atoms with van der Waals surface area (Å²) in [5.41, 5.74) is 2.48. The smallest absolute Gasteiger partial charge is 0.335 e. The third kappa shape index (κ3) is 6.14. The average Bonchev–Trinajstić information content (AvgIpc) is 3.13. The molecule has 178 valence electrons. The highest BCUT2D eigenvalue weighted by atomic mass is 79.9. The molecule has 9 heteroatoms. The number of nitrogens with zero attached hydrogens (tertiary/aromatic N) is 2. The number of hydrogen-bond donors (Lipinski definition) is 1. The van der Waals surface area contributed by atoms with E-state index < -0.39 is 5.97 Å². The van der Waals surface area contributed by atoms with Gasteiger partial charge in [0.15, 0.2) is 5.17 Å². The number of carboxylic acid groups (broad SMARTS) is 1. The van der Waals surface area contributed by atoms with Crippen LogP contribution in [0.4, 0.5) is 5.69 Å². The second-order valence-electron chi connectivity index (χ2n) is 7.50. The molecule has 1 aliphatic heterocycles. The van der Waals surface area contributed by atoms with E-state index in [0.29, 0.717) is 39.7 Å². The van der Waals surface area contributed by atoms with Crippen LogP contribution in [0.1, 0.15) is 28.4 Å². The quantitative estimate of drug-likeness (QED) is 0.309. The summed E-state index contributed by atoms with van der Waals surface area (Å²) < 4.78 is 6.91. The topological polar surface area (TPSA) is 79.2 Å². The first-order valence-electron chi connectivity index (χ1n) is 10.6. The van der Waals surface area contributed by atoms with Crippen molar-refractivity contribution >= 4 is 68.1 Å². The Balaban J connectivity index is 1.60. The van der Waals surface area contributed by atoms with Gasteiger partial charge in [-0.05, 0) is 84.9 Å². The van der Waals surface area contributed by atoms with E-state index in [1.807, 2.05) is 49.4 Å². The van der Waals surface area contributed by atoms with Gasteiger partial charge < -0.3 is 9.84 Å². The van der Waals surface area contributed by atoms with E-state index in [9.17, 15) is 9.59 Å². The maximum absolute atomic E-state index is 13.1. The molecule has 0 aliphatic carbocycles. The molecule has 4 rings (SSSR count). The van der Waals surface area contributed by atoms with Crippen LogP contribution in [-0.4, -0.2) is 33.6 Å². The zero-order chi connectivity index (χ0) is 24.9. The molecule has 35 heavy (non-hydrogen) atoms. The van der Waals surface area contributed by atoms with Gasteiger partial charge in [0.25, 0.3) is 5.91 Å². The minimum absolute atomic E-state index is 0.151. The first-order chi connectivity index (χ1) is 16.8. The van der Waals surface area contributed by atoms with Gasteiger partial charge in [-0.3, -0.25) is 9.69 Å². The number of aliphatic imine (C=N–C) groups is 1. The van der Waals surface area contributed by atoms with Crippen LogP contribution < -0.4 is 4.74 Å². The molecule has 1 heterocycles. The SMILES string of the molecule is CCN1C(=O)/C(=C/c2cc(Br)ccc2OCc2ccc(Cl)cc2)SC1=Nc1ccc(C(=O)O)cc1. The summed E-state index contributed by atoms with van der Waals surface area (Å²) in [4.78, 5) is 30.9. The van der Waals surface area contributed by atoms with Crippen LogP contribution in [0.5, 0.6) is 5.75 Å². The van der Waals surface area contributed by atoms with Crippen molar-refractivity contribution in [3.8, 4) is 5.75 Å². The fraction of sp³-hybridized carbons (Fsp3) is 0.115. The lowest BCUT2D eigenvalue weighted by Crippen LogP contribution is -2.28. The van der Waals surface area contributed by atoms with Crippen molar-refractivity contribution < 1.29 is 19.4 Å². The molecule has 3 aromatic rings. The van der Waals surface area contributed by atoms with Crippen LogP contribution in [-0.2, 0) is 11.4 Å². The van der Waals surface area contributed by atoms with E-state index in [1.165, 1.54) is 23.9 Å². The van der Waals surface area contributed by atoms with Gasteiger partial charge in [-0.1, -0.05) is 39.7 Å². The normalized spacial score (nSPS) is 15.7. The number of thioether (sulfide) groups is 1. The summed E-state index contributed by atoms with van der Waals surface area (Å²) in [5.74, 6) is -0.512. The Morgan fingerprint density at radius 1 is 1.14 bits per heavy atom. The van der Waals surface area contributed by atoms with Gasteiger partial charge in [0.1, 0.15) is 12.4 Å². The Morgan fingerprint density at radius 2 is 1.86 bits per heavy atom. The number of halogens is 2. The zero-order valence-corrected chi connectivity index (χ0v) is 21.7. The number of amidine groups is 1. The van der Waals surface area contributed by atoms with Gasteiger partial charge in [-0.15, -0.1) is 0 Å². The molecule has 0 spiro atoms. The Labute approximate surface area is 220 Å². The standard InChI is InChI=1S/C26H20BrClN2O4S/c1-2-30-24(31)23(35-26(30)29-21-10-5-17(6-11-21)25(32)33)14-18-13-19(27)7-12-22(18)34-15-16-3-8-20(28)9-4-16/h3-14H,2,15H2,1H3,(H,32,33)/b23-14-,29-26?. The molecule has 1 fully saturated rings. The predicted molar refractivity (Wildman–Crippen MR) is 143 cm³/mol. The summed E-state index contributed by atoms with van der Waals surface area (Å²) in [6.45, 7) is 2.69. The van der Waals surface area contributed by atoms with E-state index in [4.69, 9.17) is 21.4 Å². The molecular weight excluding hydrogens is 552 g/mol. The number of benzene rings is 3. The Morgan fingerprint density at radius 3 is 2.51 bits per heavy atom. The molecular formula is C26H20BrClN2O4S. The summed E-state index contributed by atoms with van der Waals surface area (Å²) in [7, 11) is 0. The number of aromatic carboxylic acids is 1. The van der Waals surface area contributed by atoms with Gasteiger partial charge in [0, 0.05) is 21.6 Å². The number of likely N-dealkylation sites (N-methyl/N-ethyl adjacent to an activating group) is 1. The third-order valence-corrected chi connectivity index (χ3v) is 6.86. The monoisotopic (exact) mass is 570 g/mol. The third-order valence-electron chi connectivity index (χ3n) is 5.11. The molecule has 0 bridgehead atoms. The fourth-order valence-electron chi connectivity index (χ4n) is 3.31. The summed E-state index contributed by atoms with van der Waals surface area (Å²) in [5, 5.41) is 10.3. The van der Waals surface area contributed by atoms with Gasteiger partial charge in [0.2, 0.25) is 0 Å². The highest BCUT2D eigenvalue weighted by Gasteiger charge is 2.32. The van der Waals surface area contributed by atoms with Crippen molar-refractivity contribution in [1.29, 1.82) is 0 Å². The number of rotatable bonds is 7. The van der Waals surface area contributed by atoms with E-state index in [1.54, 1.807) is 23.1 Å². The average molecular weight is 572 g/mol.